The highest BCUT2D eigenvalue weighted by Crippen LogP contribution is 2.31. The van der Waals surface area contributed by atoms with Crippen molar-refractivity contribution in [2.45, 2.75) is 13.8 Å². The summed E-state index contributed by atoms with van der Waals surface area (Å²) in [6.07, 6.45) is 2.23. The maximum Gasteiger partial charge on any atom is 0.335 e. The van der Waals surface area contributed by atoms with Crippen LogP contribution in [0.5, 0.6) is 11.5 Å². The van der Waals surface area contributed by atoms with Gasteiger partial charge >= 0.3 is 11.9 Å². The van der Waals surface area contributed by atoms with Gasteiger partial charge < -0.3 is 9.47 Å². The van der Waals surface area contributed by atoms with E-state index in [1.54, 1.807) is 12.1 Å². The first-order chi connectivity index (χ1) is 11.4. The van der Waals surface area contributed by atoms with E-state index in [0.717, 1.165) is 34.4 Å². The van der Waals surface area contributed by atoms with Gasteiger partial charge in [0.15, 0.2) is 0 Å². The molecular weight excluding hydrogens is 304 g/mol. The zero-order valence-electron chi connectivity index (χ0n) is 13.7. The van der Waals surface area contributed by atoms with Crippen molar-refractivity contribution in [3.05, 3.63) is 72.8 Å². The molecule has 0 unspecified atom stereocenters. The molecule has 0 saturated heterocycles. The number of carbonyl (C=O) groups is 2. The molecule has 122 valence electrons. The van der Waals surface area contributed by atoms with E-state index >= 15 is 0 Å². The fraction of sp³-hybridized carbons (Fsp3) is 0.100. The Kier molecular flexibility index (Phi) is 5.32. The highest BCUT2D eigenvalue weighted by Gasteiger charge is 2.10. The number of carbonyl (C=O) groups excluding carboxylic acids is 2. The van der Waals surface area contributed by atoms with Gasteiger partial charge in [-0.3, -0.25) is 0 Å². The molecule has 0 aliphatic heterocycles. The van der Waals surface area contributed by atoms with Crippen LogP contribution in [0.3, 0.4) is 0 Å². The summed E-state index contributed by atoms with van der Waals surface area (Å²) < 4.78 is 10.5. The number of ether oxygens (including phenoxy) is 2. The van der Waals surface area contributed by atoms with Crippen LogP contribution in [0.2, 0.25) is 0 Å². The van der Waals surface area contributed by atoms with E-state index in [-0.39, 0.29) is 0 Å². The lowest BCUT2D eigenvalue weighted by atomic mass is 10.0. The average Bonchev–Trinajstić information content (AvgIpc) is 2.58. The fourth-order valence-corrected chi connectivity index (χ4v) is 2.08. The maximum absolute atomic E-state index is 11.4. The molecular formula is C20H18O4. The van der Waals surface area contributed by atoms with E-state index in [4.69, 9.17) is 9.47 Å². The van der Waals surface area contributed by atoms with Crippen LogP contribution in [0.4, 0.5) is 0 Å². The minimum absolute atomic E-state index is 0.461. The minimum atomic E-state index is -0.514. The third kappa shape index (κ3) is 3.98. The Morgan fingerprint density at radius 2 is 1.17 bits per heavy atom. The van der Waals surface area contributed by atoms with Crippen molar-refractivity contribution < 1.29 is 19.1 Å². The zero-order chi connectivity index (χ0) is 17.7. The molecule has 0 atom stereocenters. The Hall–Kier alpha value is -3.14. The van der Waals surface area contributed by atoms with E-state index in [0.29, 0.717) is 11.5 Å². The highest BCUT2D eigenvalue weighted by molar-refractivity contribution is 5.85. The fourth-order valence-electron chi connectivity index (χ4n) is 2.08. The van der Waals surface area contributed by atoms with Crippen LogP contribution in [0.15, 0.2) is 61.7 Å². The standard InChI is InChI=1S/C20H18O4/c1-5-19(21)23-17-11-15(9-7-13(17)3)16-10-8-14(4)18(12-16)24-20(22)6-2/h5-12H,1-2H2,3-4H3. The molecule has 4 nitrogen and oxygen atoms in total. The van der Waals surface area contributed by atoms with Crippen molar-refractivity contribution >= 4 is 11.9 Å². The third-order valence-corrected chi connectivity index (χ3v) is 3.46. The second kappa shape index (κ2) is 7.42. The average molecular weight is 322 g/mol. The summed E-state index contributed by atoms with van der Waals surface area (Å²) in [7, 11) is 0. The molecule has 0 spiro atoms. The van der Waals surface area contributed by atoms with Gasteiger partial charge in [0, 0.05) is 12.2 Å². The molecule has 0 amide bonds. The molecule has 2 aromatic rings. The molecule has 2 aromatic carbocycles. The second-order valence-corrected chi connectivity index (χ2v) is 5.21. The SMILES string of the molecule is C=CC(=O)Oc1cc(-c2ccc(C)c(OC(=O)C=C)c2)ccc1C. The van der Waals surface area contributed by atoms with Crippen LogP contribution in [0.25, 0.3) is 11.1 Å². The van der Waals surface area contributed by atoms with Crippen molar-refractivity contribution in [2.24, 2.45) is 0 Å². The van der Waals surface area contributed by atoms with Crippen LogP contribution in [0.1, 0.15) is 11.1 Å². The Morgan fingerprint density at radius 3 is 1.50 bits per heavy atom. The smallest absolute Gasteiger partial charge is 0.335 e. The molecule has 0 bridgehead atoms. The van der Waals surface area contributed by atoms with Gasteiger partial charge in [0.25, 0.3) is 0 Å². The first-order valence-corrected chi connectivity index (χ1v) is 7.34. The van der Waals surface area contributed by atoms with E-state index in [2.05, 4.69) is 13.2 Å². The van der Waals surface area contributed by atoms with Gasteiger partial charge in [-0.25, -0.2) is 9.59 Å². The van der Waals surface area contributed by atoms with E-state index in [1.807, 2.05) is 38.1 Å². The number of hydrogen-bond donors (Lipinski definition) is 0. The summed E-state index contributed by atoms with van der Waals surface area (Å²) in [5.74, 6) is -0.107. The van der Waals surface area contributed by atoms with Crippen molar-refractivity contribution in [3.63, 3.8) is 0 Å². The number of esters is 2. The van der Waals surface area contributed by atoms with Crippen LogP contribution in [-0.2, 0) is 9.59 Å². The van der Waals surface area contributed by atoms with E-state index < -0.39 is 11.9 Å². The summed E-state index contributed by atoms with van der Waals surface area (Å²) in [6, 6.07) is 11.1. The summed E-state index contributed by atoms with van der Waals surface area (Å²) in [5, 5.41) is 0. The first kappa shape index (κ1) is 17.2. The van der Waals surface area contributed by atoms with Crippen LogP contribution in [-0.4, -0.2) is 11.9 Å². The molecule has 4 heteroatoms. The van der Waals surface area contributed by atoms with Crippen LogP contribution >= 0.6 is 0 Å². The maximum atomic E-state index is 11.4. The van der Waals surface area contributed by atoms with Gasteiger partial charge in [-0.15, -0.1) is 0 Å². The van der Waals surface area contributed by atoms with Crippen molar-refractivity contribution in [3.8, 4) is 22.6 Å². The predicted molar refractivity (Wildman–Crippen MR) is 93.0 cm³/mol. The summed E-state index contributed by atoms with van der Waals surface area (Å²) >= 11 is 0. The Labute approximate surface area is 141 Å². The lowest BCUT2D eigenvalue weighted by Gasteiger charge is -2.11. The number of aryl methyl sites for hydroxylation is 2. The topological polar surface area (TPSA) is 52.6 Å². The lowest BCUT2D eigenvalue weighted by Crippen LogP contribution is -2.05. The number of benzene rings is 2. The monoisotopic (exact) mass is 322 g/mol. The van der Waals surface area contributed by atoms with Gasteiger partial charge in [-0.2, -0.15) is 0 Å². The Balaban J connectivity index is 2.41. The molecule has 0 radical (unpaired) electrons. The summed E-state index contributed by atoms with van der Waals surface area (Å²) in [6.45, 7) is 10.5. The van der Waals surface area contributed by atoms with Crippen LogP contribution < -0.4 is 9.47 Å². The molecule has 0 aliphatic carbocycles. The van der Waals surface area contributed by atoms with Gasteiger partial charge in [-0.05, 0) is 48.2 Å². The predicted octanol–water partition coefficient (Wildman–Crippen LogP) is 4.15. The molecule has 2 rings (SSSR count). The van der Waals surface area contributed by atoms with Gasteiger partial charge in [0.1, 0.15) is 11.5 Å². The largest absolute Gasteiger partial charge is 0.423 e. The molecule has 0 aliphatic rings. The van der Waals surface area contributed by atoms with Crippen molar-refractivity contribution in [2.75, 3.05) is 0 Å². The normalized spacial score (nSPS) is 9.92. The highest BCUT2D eigenvalue weighted by atomic mass is 16.5. The Bertz CT molecular complexity index is 749. The van der Waals surface area contributed by atoms with E-state index in [9.17, 15) is 9.59 Å². The molecule has 0 fully saturated rings. The number of hydrogen-bond acceptors (Lipinski definition) is 4. The van der Waals surface area contributed by atoms with Gasteiger partial charge in [0.2, 0.25) is 0 Å². The summed E-state index contributed by atoms with van der Waals surface area (Å²) in [4.78, 5) is 22.9. The quantitative estimate of drug-likeness (QED) is 0.471. The van der Waals surface area contributed by atoms with Crippen molar-refractivity contribution in [1.29, 1.82) is 0 Å². The number of rotatable bonds is 5. The second-order valence-electron chi connectivity index (χ2n) is 5.21. The van der Waals surface area contributed by atoms with E-state index in [1.165, 1.54) is 0 Å². The Morgan fingerprint density at radius 1 is 0.792 bits per heavy atom. The third-order valence-electron chi connectivity index (χ3n) is 3.46. The van der Waals surface area contributed by atoms with Gasteiger partial charge in [-0.1, -0.05) is 37.4 Å². The first-order valence-electron chi connectivity index (χ1n) is 7.34. The minimum Gasteiger partial charge on any atom is -0.423 e. The molecule has 0 saturated carbocycles. The van der Waals surface area contributed by atoms with Gasteiger partial charge in [0.05, 0.1) is 0 Å². The lowest BCUT2D eigenvalue weighted by molar-refractivity contribution is -0.129. The molecule has 0 N–H and O–H groups in total. The summed E-state index contributed by atoms with van der Waals surface area (Å²) in [5.41, 5.74) is 3.34. The molecule has 0 aromatic heterocycles. The van der Waals surface area contributed by atoms with Crippen molar-refractivity contribution in [1.82, 2.24) is 0 Å². The zero-order valence-corrected chi connectivity index (χ0v) is 13.7. The molecule has 24 heavy (non-hydrogen) atoms. The van der Waals surface area contributed by atoms with Crippen LogP contribution in [0, 0.1) is 13.8 Å². The molecule has 0 heterocycles.